The fourth-order valence-corrected chi connectivity index (χ4v) is 3.62. The largest absolute Gasteiger partial charge is 0.479 e. The first-order valence-corrected chi connectivity index (χ1v) is 12.4. The molecule has 1 unspecified atom stereocenters. The molecular formula is C25H50O3. The van der Waals surface area contributed by atoms with Gasteiger partial charge in [-0.3, -0.25) is 0 Å². The molecule has 0 aromatic carbocycles. The Morgan fingerprint density at radius 3 is 1.25 bits per heavy atom. The van der Waals surface area contributed by atoms with E-state index in [0.717, 1.165) is 12.8 Å². The van der Waals surface area contributed by atoms with Gasteiger partial charge in [0.2, 0.25) is 0 Å². The average molecular weight is 399 g/mol. The molecule has 0 aliphatic heterocycles. The van der Waals surface area contributed by atoms with Crippen LogP contribution in [0.5, 0.6) is 0 Å². The van der Waals surface area contributed by atoms with E-state index in [9.17, 15) is 4.79 Å². The minimum Gasteiger partial charge on any atom is -0.479 e. The van der Waals surface area contributed by atoms with Gasteiger partial charge >= 0.3 is 5.97 Å². The number of hydrogen-bond acceptors (Lipinski definition) is 2. The third-order valence-electron chi connectivity index (χ3n) is 6.05. The molecule has 0 heterocycles. The van der Waals surface area contributed by atoms with Gasteiger partial charge < -0.3 is 9.84 Å². The minimum absolute atomic E-state index is 0.515. The second-order valence-corrected chi connectivity index (χ2v) is 8.75. The van der Waals surface area contributed by atoms with Crippen molar-refractivity contribution in [2.24, 2.45) is 0 Å². The van der Waals surface area contributed by atoms with Crippen molar-refractivity contribution in [1.29, 1.82) is 0 Å². The molecule has 0 fully saturated rings. The molecule has 0 amide bonds. The highest BCUT2D eigenvalue weighted by atomic mass is 16.5. The second-order valence-electron chi connectivity index (χ2n) is 8.75. The van der Waals surface area contributed by atoms with Gasteiger partial charge in [0.25, 0.3) is 0 Å². The van der Waals surface area contributed by atoms with Crippen molar-refractivity contribution in [2.45, 2.75) is 148 Å². The van der Waals surface area contributed by atoms with Crippen LogP contribution in [-0.4, -0.2) is 23.3 Å². The summed E-state index contributed by atoms with van der Waals surface area (Å²) in [4.78, 5) is 11.2. The van der Waals surface area contributed by atoms with Crippen LogP contribution in [0.2, 0.25) is 0 Å². The van der Waals surface area contributed by atoms with Crippen molar-refractivity contribution in [3.05, 3.63) is 0 Å². The number of unbranched alkanes of at least 4 members (excludes halogenated alkanes) is 17. The summed E-state index contributed by atoms with van der Waals surface area (Å²) in [6.45, 7) is 6.38. The zero-order valence-electron chi connectivity index (χ0n) is 19.4. The van der Waals surface area contributed by atoms with Gasteiger partial charge in [0.1, 0.15) is 0 Å². The molecule has 0 radical (unpaired) electrons. The number of hydrogen-bond donors (Lipinski definition) is 1. The van der Waals surface area contributed by atoms with Crippen LogP contribution in [0.4, 0.5) is 0 Å². The molecule has 0 aromatic rings. The molecule has 3 heteroatoms. The minimum atomic E-state index is -1.01. The SMILES string of the molecule is CCCCCCCCCCCCCCCCCCCCOC(C)(CC)C(=O)O. The Morgan fingerprint density at radius 2 is 0.964 bits per heavy atom. The summed E-state index contributed by atoms with van der Waals surface area (Å²) in [5, 5.41) is 9.16. The van der Waals surface area contributed by atoms with Crippen LogP contribution >= 0.6 is 0 Å². The summed E-state index contributed by atoms with van der Waals surface area (Å²) in [6, 6.07) is 0. The van der Waals surface area contributed by atoms with Gasteiger partial charge in [0.15, 0.2) is 5.60 Å². The van der Waals surface area contributed by atoms with E-state index in [-0.39, 0.29) is 0 Å². The highest BCUT2D eigenvalue weighted by Crippen LogP contribution is 2.17. The van der Waals surface area contributed by atoms with Gasteiger partial charge in [-0.05, 0) is 19.8 Å². The van der Waals surface area contributed by atoms with Crippen molar-refractivity contribution < 1.29 is 14.6 Å². The second kappa shape index (κ2) is 19.7. The fraction of sp³-hybridized carbons (Fsp3) is 0.960. The van der Waals surface area contributed by atoms with E-state index in [1.54, 1.807) is 6.92 Å². The Balaban J connectivity index is 3.19. The van der Waals surface area contributed by atoms with Crippen LogP contribution in [0.3, 0.4) is 0 Å². The maximum atomic E-state index is 11.2. The van der Waals surface area contributed by atoms with Gasteiger partial charge in [-0.25, -0.2) is 4.79 Å². The van der Waals surface area contributed by atoms with E-state index in [4.69, 9.17) is 9.84 Å². The lowest BCUT2D eigenvalue weighted by molar-refractivity contribution is -0.164. The zero-order valence-corrected chi connectivity index (χ0v) is 19.4. The van der Waals surface area contributed by atoms with Crippen LogP contribution < -0.4 is 0 Å². The predicted molar refractivity (Wildman–Crippen MR) is 121 cm³/mol. The standard InChI is InChI=1S/C25H50O3/c1-4-6-7-8-9-10-11-12-13-14-15-16-17-18-19-20-21-22-23-28-25(3,5-2)24(26)27/h4-23H2,1-3H3,(H,26,27). The Labute approximate surface area is 176 Å². The van der Waals surface area contributed by atoms with Gasteiger partial charge in [0, 0.05) is 6.61 Å². The summed E-state index contributed by atoms with van der Waals surface area (Å²) in [5.41, 5.74) is -1.01. The molecule has 0 aliphatic rings. The van der Waals surface area contributed by atoms with E-state index in [0.29, 0.717) is 13.0 Å². The van der Waals surface area contributed by atoms with Crippen molar-refractivity contribution >= 4 is 5.97 Å². The van der Waals surface area contributed by atoms with Gasteiger partial charge in [-0.15, -0.1) is 0 Å². The Morgan fingerprint density at radius 1 is 0.643 bits per heavy atom. The fourth-order valence-electron chi connectivity index (χ4n) is 3.62. The molecule has 168 valence electrons. The molecule has 0 saturated heterocycles. The van der Waals surface area contributed by atoms with E-state index in [1.807, 2.05) is 6.92 Å². The number of ether oxygens (including phenoxy) is 1. The predicted octanol–water partition coefficient (Wildman–Crippen LogP) is 8.30. The van der Waals surface area contributed by atoms with Gasteiger partial charge in [0.05, 0.1) is 0 Å². The monoisotopic (exact) mass is 398 g/mol. The topological polar surface area (TPSA) is 46.5 Å². The zero-order chi connectivity index (χ0) is 20.9. The lowest BCUT2D eigenvalue weighted by Crippen LogP contribution is -2.37. The summed E-state index contributed by atoms with van der Waals surface area (Å²) in [6.07, 6.45) is 25.0. The lowest BCUT2D eigenvalue weighted by atomic mass is 10.0. The molecule has 28 heavy (non-hydrogen) atoms. The number of carboxylic acids is 1. The van der Waals surface area contributed by atoms with Crippen LogP contribution in [-0.2, 0) is 9.53 Å². The molecule has 0 aromatic heterocycles. The van der Waals surface area contributed by atoms with Crippen LogP contribution in [0.25, 0.3) is 0 Å². The highest BCUT2D eigenvalue weighted by molar-refractivity contribution is 5.76. The number of aliphatic carboxylic acids is 1. The van der Waals surface area contributed by atoms with E-state index in [2.05, 4.69) is 6.92 Å². The summed E-state index contributed by atoms with van der Waals surface area (Å²) >= 11 is 0. The quantitative estimate of drug-likeness (QED) is 0.186. The molecule has 1 N–H and O–H groups in total. The molecule has 0 aliphatic carbocycles. The molecule has 0 bridgehead atoms. The molecule has 0 saturated carbocycles. The van der Waals surface area contributed by atoms with Crippen LogP contribution in [0, 0.1) is 0 Å². The highest BCUT2D eigenvalue weighted by Gasteiger charge is 2.31. The first-order valence-electron chi connectivity index (χ1n) is 12.4. The Bertz CT molecular complexity index is 343. The van der Waals surface area contributed by atoms with E-state index in [1.165, 1.54) is 103 Å². The van der Waals surface area contributed by atoms with Crippen LogP contribution in [0.1, 0.15) is 143 Å². The maximum absolute atomic E-state index is 11.2. The first kappa shape index (κ1) is 27.4. The first-order chi connectivity index (χ1) is 13.6. The summed E-state index contributed by atoms with van der Waals surface area (Å²) < 4.78 is 5.57. The normalized spacial score (nSPS) is 13.5. The van der Waals surface area contributed by atoms with Crippen molar-refractivity contribution in [1.82, 2.24) is 0 Å². The Kier molecular flexibility index (Phi) is 19.3. The maximum Gasteiger partial charge on any atom is 0.335 e. The third-order valence-corrected chi connectivity index (χ3v) is 6.05. The Hall–Kier alpha value is -0.570. The molecule has 0 spiro atoms. The van der Waals surface area contributed by atoms with Crippen molar-refractivity contribution in [3.63, 3.8) is 0 Å². The smallest absolute Gasteiger partial charge is 0.335 e. The van der Waals surface area contributed by atoms with E-state index >= 15 is 0 Å². The summed E-state index contributed by atoms with van der Waals surface area (Å²) in [5.74, 6) is -0.850. The lowest BCUT2D eigenvalue weighted by Gasteiger charge is -2.23. The molecule has 0 rings (SSSR count). The third kappa shape index (κ3) is 16.4. The summed E-state index contributed by atoms with van der Waals surface area (Å²) in [7, 11) is 0. The average Bonchev–Trinajstić information content (AvgIpc) is 2.69. The molecule has 1 atom stereocenters. The van der Waals surface area contributed by atoms with Gasteiger partial charge in [-0.2, -0.15) is 0 Å². The molecule has 3 nitrogen and oxygen atoms in total. The molecular weight excluding hydrogens is 348 g/mol. The van der Waals surface area contributed by atoms with Gasteiger partial charge in [-0.1, -0.05) is 123 Å². The van der Waals surface area contributed by atoms with Crippen molar-refractivity contribution in [2.75, 3.05) is 6.61 Å². The van der Waals surface area contributed by atoms with E-state index < -0.39 is 11.6 Å². The number of carboxylic acid groups (broad SMARTS) is 1. The number of rotatable bonds is 22. The van der Waals surface area contributed by atoms with Crippen molar-refractivity contribution in [3.8, 4) is 0 Å². The number of carbonyl (C=O) groups is 1. The van der Waals surface area contributed by atoms with Crippen LogP contribution in [0.15, 0.2) is 0 Å².